The molecule has 1 rings (SSSR count). The van der Waals surface area contributed by atoms with Gasteiger partial charge in [-0.15, -0.1) is 0 Å². The monoisotopic (exact) mass is 299 g/mol. The van der Waals surface area contributed by atoms with Crippen molar-refractivity contribution in [2.45, 2.75) is 26.7 Å². The summed E-state index contributed by atoms with van der Waals surface area (Å²) in [6.07, 6.45) is 0. The minimum absolute atomic E-state index is 0.0316. The van der Waals surface area contributed by atoms with E-state index < -0.39 is 11.9 Å². The minimum atomic E-state index is -0.823. The Morgan fingerprint density at radius 2 is 1.94 bits per heavy atom. The first-order chi connectivity index (χ1) is 7.84. The summed E-state index contributed by atoms with van der Waals surface area (Å²) in [6.45, 7) is 5.99. The molecule has 0 amide bonds. The van der Waals surface area contributed by atoms with E-state index in [0.29, 0.717) is 11.3 Å². The average molecular weight is 300 g/mol. The fourth-order valence-corrected chi connectivity index (χ4v) is 2.22. The molecule has 0 saturated heterocycles. The molecule has 0 radical (unpaired) electrons. The molecule has 0 aromatic heterocycles. The Hall–Kier alpha value is -1.03. The number of rotatable bonds is 4. The number of benzene rings is 1. The highest BCUT2D eigenvalue weighted by molar-refractivity contribution is 9.10. The summed E-state index contributed by atoms with van der Waals surface area (Å²) >= 11 is 3.35. The third kappa shape index (κ3) is 3.22. The van der Waals surface area contributed by atoms with Crippen molar-refractivity contribution in [2.24, 2.45) is 11.8 Å². The summed E-state index contributed by atoms with van der Waals surface area (Å²) in [6, 6.07) is 5.35. The number of hydrogen-bond acceptors (Lipinski definition) is 2. The van der Waals surface area contributed by atoms with Crippen LogP contribution in [0.1, 0.15) is 32.3 Å². The number of halogens is 1. The fourth-order valence-electron chi connectivity index (χ4n) is 1.84. The number of carbonyl (C=O) groups is 1. The van der Waals surface area contributed by atoms with Crippen molar-refractivity contribution >= 4 is 27.6 Å². The molecule has 2 atom stereocenters. The van der Waals surface area contributed by atoms with E-state index in [1.54, 1.807) is 12.1 Å². The Bertz CT molecular complexity index is 418. The molecule has 1 aromatic rings. The van der Waals surface area contributed by atoms with Gasteiger partial charge in [-0.2, -0.15) is 0 Å². The van der Waals surface area contributed by atoms with Crippen LogP contribution in [-0.2, 0) is 4.79 Å². The maximum absolute atomic E-state index is 11.4. The lowest BCUT2D eigenvalue weighted by Gasteiger charge is -2.25. The first-order valence-electron chi connectivity index (χ1n) is 5.62. The summed E-state index contributed by atoms with van der Waals surface area (Å²) in [5, 5.41) is 9.39. The van der Waals surface area contributed by atoms with Crippen molar-refractivity contribution < 1.29 is 9.90 Å². The first kappa shape index (κ1) is 14.0. The van der Waals surface area contributed by atoms with Gasteiger partial charge in [-0.1, -0.05) is 36.7 Å². The normalized spacial score (nSPS) is 14.6. The van der Waals surface area contributed by atoms with Gasteiger partial charge in [0.05, 0.1) is 5.92 Å². The predicted octanol–water partition coefficient (Wildman–Crippen LogP) is 3.49. The van der Waals surface area contributed by atoms with Gasteiger partial charge in [-0.05, 0) is 35.6 Å². The van der Waals surface area contributed by atoms with Crippen LogP contribution in [0.4, 0.5) is 5.69 Å². The van der Waals surface area contributed by atoms with Gasteiger partial charge in [0.1, 0.15) is 0 Å². The number of aliphatic carboxylic acids is 1. The van der Waals surface area contributed by atoms with Gasteiger partial charge in [-0.25, -0.2) is 0 Å². The van der Waals surface area contributed by atoms with Crippen molar-refractivity contribution in [3.63, 3.8) is 0 Å². The van der Waals surface area contributed by atoms with E-state index in [1.165, 1.54) is 0 Å². The van der Waals surface area contributed by atoms with E-state index in [2.05, 4.69) is 15.9 Å². The maximum atomic E-state index is 11.4. The molecule has 0 bridgehead atoms. The van der Waals surface area contributed by atoms with E-state index in [-0.39, 0.29) is 11.8 Å². The molecule has 0 aliphatic carbocycles. The number of nitrogens with two attached hydrogens (primary N) is 1. The van der Waals surface area contributed by atoms with Crippen LogP contribution in [0.25, 0.3) is 0 Å². The molecule has 4 heteroatoms. The van der Waals surface area contributed by atoms with E-state index >= 15 is 0 Å². The molecule has 0 aliphatic heterocycles. The SMILES string of the molecule is CC(C)C(C)C(C(=O)O)c1cc(Br)ccc1N. The van der Waals surface area contributed by atoms with Gasteiger partial charge in [0, 0.05) is 10.2 Å². The van der Waals surface area contributed by atoms with Crippen molar-refractivity contribution in [3.05, 3.63) is 28.2 Å². The molecule has 0 saturated carbocycles. The number of anilines is 1. The number of nitrogen functional groups attached to an aromatic ring is 1. The second-order valence-electron chi connectivity index (χ2n) is 4.69. The van der Waals surface area contributed by atoms with E-state index in [1.807, 2.05) is 26.8 Å². The molecule has 2 unspecified atom stereocenters. The second-order valence-corrected chi connectivity index (χ2v) is 5.61. The summed E-state index contributed by atoms with van der Waals surface area (Å²) in [4.78, 5) is 11.4. The van der Waals surface area contributed by atoms with Crippen molar-refractivity contribution in [1.29, 1.82) is 0 Å². The zero-order chi connectivity index (χ0) is 13.2. The van der Waals surface area contributed by atoms with Crippen LogP contribution in [0, 0.1) is 11.8 Å². The summed E-state index contributed by atoms with van der Waals surface area (Å²) in [5.74, 6) is -1.07. The zero-order valence-electron chi connectivity index (χ0n) is 10.3. The Morgan fingerprint density at radius 1 is 1.35 bits per heavy atom. The highest BCUT2D eigenvalue weighted by Crippen LogP contribution is 2.34. The molecule has 0 spiro atoms. The Morgan fingerprint density at radius 3 is 2.41 bits per heavy atom. The lowest BCUT2D eigenvalue weighted by molar-refractivity contribution is -0.140. The molecule has 3 N–H and O–H groups in total. The molecule has 3 nitrogen and oxygen atoms in total. The molecule has 0 aliphatic rings. The van der Waals surface area contributed by atoms with Gasteiger partial charge in [-0.3, -0.25) is 4.79 Å². The predicted molar refractivity (Wildman–Crippen MR) is 72.9 cm³/mol. The third-order valence-corrected chi connectivity index (χ3v) is 3.72. The van der Waals surface area contributed by atoms with Gasteiger partial charge < -0.3 is 10.8 Å². The molecular formula is C13H18BrNO2. The summed E-state index contributed by atoms with van der Waals surface area (Å²) in [7, 11) is 0. The topological polar surface area (TPSA) is 63.3 Å². The quantitative estimate of drug-likeness (QED) is 0.837. The largest absolute Gasteiger partial charge is 0.481 e. The Balaban J connectivity index is 3.23. The van der Waals surface area contributed by atoms with Crippen molar-refractivity contribution in [2.75, 3.05) is 5.73 Å². The zero-order valence-corrected chi connectivity index (χ0v) is 11.9. The average Bonchev–Trinajstić information content (AvgIpc) is 2.22. The lowest BCUT2D eigenvalue weighted by Crippen LogP contribution is -2.24. The van der Waals surface area contributed by atoms with Crippen molar-refractivity contribution in [1.82, 2.24) is 0 Å². The van der Waals surface area contributed by atoms with Gasteiger partial charge >= 0.3 is 5.97 Å². The van der Waals surface area contributed by atoms with Gasteiger partial charge in [0.15, 0.2) is 0 Å². The van der Waals surface area contributed by atoms with E-state index in [4.69, 9.17) is 5.73 Å². The van der Waals surface area contributed by atoms with Crippen LogP contribution < -0.4 is 5.73 Å². The molecule has 0 fully saturated rings. The molecule has 1 aromatic carbocycles. The van der Waals surface area contributed by atoms with Gasteiger partial charge in [0.25, 0.3) is 0 Å². The highest BCUT2D eigenvalue weighted by Gasteiger charge is 2.30. The number of carboxylic acids is 1. The molecular weight excluding hydrogens is 282 g/mol. The first-order valence-corrected chi connectivity index (χ1v) is 6.41. The standard InChI is InChI=1S/C13H18BrNO2/c1-7(2)8(3)12(13(16)17)10-6-9(14)4-5-11(10)15/h4-8,12H,15H2,1-3H3,(H,16,17). The molecule has 94 valence electrons. The van der Waals surface area contributed by atoms with Crippen LogP contribution in [-0.4, -0.2) is 11.1 Å². The molecule has 0 heterocycles. The fraction of sp³-hybridized carbons (Fsp3) is 0.462. The third-order valence-electron chi connectivity index (χ3n) is 3.23. The molecule has 17 heavy (non-hydrogen) atoms. The van der Waals surface area contributed by atoms with Crippen LogP contribution in [0.5, 0.6) is 0 Å². The van der Waals surface area contributed by atoms with Crippen LogP contribution in [0.15, 0.2) is 22.7 Å². The van der Waals surface area contributed by atoms with E-state index in [0.717, 1.165) is 4.47 Å². The summed E-state index contributed by atoms with van der Waals surface area (Å²) in [5.41, 5.74) is 7.11. The Labute approximate surface area is 110 Å². The van der Waals surface area contributed by atoms with Crippen LogP contribution in [0.3, 0.4) is 0 Å². The number of carboxylic acid groups (broad SMARTS) is 1. The second kappa shape index (κ2) is 5.54. The smallest absolute Gasteiger partial charge is 0.311 e. The lowest BCUT2D eigenvalue weighted by atomic mass is 9.80. The summed E-state index contributed by atoms with van der Waals surface area (Å²) < 4.78 is 0.851. The van der Waals surface area contributed by atoms with Crippen LogP contribution in [0.2, 0.25) is 0 Å². The number of hydrogen-bond donors (Lipinski definition) is 2. The minimum Gasteiger partial charge on any atom is -0.481 e. The Kier molecular flexibility index (Phi) is 4.57. The highest BCUT2D eigenvalue weighted by atomic mass is 79.9. The maximum Gasteiger partial charge on any atom is 0.311 e. The van der Waals surface area contributed by atoms with Gasteiger partial charge in [0.2, 0.25) is 0 Å². The van der Waals surface area contributed by atoms with Crippen LogP contribution >= 0.6 is 15.9 Å². The van der Waals surface area contributed by atoms with Crippen molar-refractivity contribution in [3.8, 4) is 0 Å². The van der Waals surface area contributed by atoms with E-state index in [9.17, 15) is 9.90 Å².